The fourth-order valence-electron chi connectivity index (χ4n) is 4.13. The van der Waals surface area contributed by atoms with E-state index in [0.29, 0.717) is 27.5 Å². The SMILES string of the molecule is CC1CCc2c(sc3c2c2ncnn2c2nnc(SCc4ccc(Cl)cc4Cl)n32)C1. The first-order valence-corrected chi connectivity index (χ1v) is 12.2. The zero-order chi connectivity index (χ0) is 20.4. The Bertz CT molecular complexity index is 1440. The Kier molecular flexibility index (Phi) is 4.46. The molecule has 10 heteroatoms. The predicted octanol–water partition coefficient (Wildman–Crippen LogP) is 5.71. The molecule has 0 N–H and O–H groups in total. The first kappa shape index (κ1) is 18.9. The average molecular weight is 475 g/mol. The summed E-state index contributed by atoms with van der Waals surface area (Å²) < 4.78 is 3.93. The van der Waals surface area contributed by atoms with E-state index in [4.69, 9.17) is 23.2 Å². The third-order valence-corrected chi connectivity index (χ3v) is 8.45. The average Bonchev–Trinajstić information content (AvgIpc) is 3.42. The minimum absolute atomic E-state index is 0.635. The van der Waals surface area contributed by atoms with Gasteiger partial charge in [0.15, 0.2) is 10.8 Å². The Morgan fingerprint density at radius 3 is 3.03 bits per heavy atom. The summed E-state index contributed by atoms with van der Waals surface area (Å²) in [5, 5.41) is 16.7. The standard InChI is InChI=1S/C20H16Cl2N6S2/c1-10-2-5-13-15(6-10)30-18-16(13)17-23-9-24-28(17)19-25-26-20(27(18)19)29-8-11-3-4-12(21)7-14(11)22/h3-4,7,9-10H,2,5-6,8H2,1H3. The number of aromatic nitrogens is 6. The number of nitrogens with zero attached hydrogens (tertiary/aromatic N) is 6. The minimum Gasteiger partial charge on any atom is -0.244 e. The second-order valence-electron chi connectivity index (χ2n) is 7.67. The van der Waals surface area contributed by atoms with Gasteiger partial charge in [0, 0.05) is 20.7 Å². The summed E-state index contributed by atoms with van der Waals surface area (Å²) in [6.45, 7) is 2.32. The lowest BCUT2D eigenvalue weighted by atomic mass is 9.89. The minimum atomic E-state index is 0.635. The van der Waals surface area contributed by atoms with Crippen molar-refractivity contribution in [3.05, 3.63) is 50.6 Å². The molecule has 0 fully saturated rings. The number of hydrogen-bond acceptors (Lipinski definition) is 6. The zero-order valence-corrected chi connectivity index (χ0v) is 19.1. The van der Waals surface area contributed by atoms with Gasteiger partial charge in [0.2, 0.25) is 0 Å². The van der Waals surface area contributed by atoms with Crippen LogP contribution in [0.5, 0.6) is 0 Å². The van der Waals surface area contributed by atoms with Crippen molar-refractivity contribution < 1.29 is 0 Å². The maximum absolute atomic E-state index is 6.37. The van der Waals surface area contributed by atoms with E-state index < -0.39 is 0 Å². The van der Waals surface area contributed by atoms with E-state index in [1.165, 1.54) is 22.2 Å². The summed E-state index contributed by atoms with van der Waals surface area (Å²) in [7, 11) is 0. The highest BCUT2D eigenvalue weighted by Crippen LogP contribution is 2.41. The lowest BCUT2D eigenvalue weighted by Gasteiger charge is -2.17. The van der Waals surface area contributed by atoms with E-state index >= 15 is 0 Å². The van der Waals surface area contributed by atoms with Crippen LogP contribution >= 0.6 is 46.3 Å². The van der Waals surface area contributed by atoms with E-state index in [1.807, 2.05) is 23.5 Å². The highest BCUT2D eigenvalue weighted by atomic mass is 35.5. The number of benzene rings is 1. The van der Waals surface area contributed by atoms with Crippen LogP contribution in [0.15, 0.2) is 29.7 Å². The lowest BCUT2D eigenvalue weighted by molar-refractivity contribution is 0.509. The van der Waals surface area contributed by atoms with Crippen molar-refractivity contribution in [3.8, 4) is 0 Å². The van der Waals surface area contributed by atoms with Gasteiger partial charge in [0.05, 0.1) is 5.39 Å². The topological polar surface area (TPSA) is 60.4 Å². The molecular formula is C20H16Cl2N6S2. The first-order valence-electron chi connectivity index (χ1n) is 9.68. The smallest absolute Gasteiger partial charge is 0.244 e. The molecule has 1 atom stereocenters. The molecule has 30 heavy (non-hydrogen) atoms. The van der Waals surface area contributed by atoms with Crippen molar-refractivity contribution in [1.29, 1.82) is 0 Å². The molecule has 5 aromatic rings. The second-order valence-corrected chi connectivity index (χ2v) is 10.5. The van der Waals surface area contributed by atoms with Crippen LogP contribution in [0.25, 0.3) is 21.6 Å². The Balaban J connectivity index is 1.53. The first-order chi connectivity index (χ1) is 14.6. The van der Waals surface area contributed by atoms with Crippen LogP contribution in [0.3, 0.4) is 0 Å². The number of fused-ring (bicyclic) bond motifs is 8. The van der Waals surface area contributed by atoms with Crippen LogP contribution in [-0.2, 0) is 18.6 Å². The largest absolute Gasteiger partial charge is 0.260 e. The summed E-state index contributed by atoms with van der Waals surface area (Å²) >= 11 is 15.9. The molecule has 0 radical (unpaired) electrons. The molecule has 0 spiro atoms. The van der Waals surface area contributed by atoms with E-state index in [9.17, 15) is 0 Å². The fourth-order valence-corrected chi connectivity index (χ4v) is 7.19. The normalized spacial score (nSPS) is 16.7. The molecule has 1 aromatic carbocycles. The molecule has 4 heterocycles. The molecule has 0 saturated carbocycles. The predicted molar refractivity (Wildman–Crippen MR) is 122 cm³/mol. The maximum atomic E-state index is 6.37. The maximum Gasteiger partial charge on any atom is 0.260 e. The molecule has 0 aliphatic heterocycles. The molecule has 1 aliphatic carbocycles. The number of halogens is 2. The molecule has 6 rings (SSSR count). The Labute approximate surface area is 190 Å². The summed E-state index contributed by atoms with van der Waals surface area (Å²) in [6.07, 6.45) is 4.99. The van der Waals surface area contributed by atoms with Gasteiger partial charge in [-0.25, -0.2) is 9.38 Å². The zero-order valence-electron chi connectivity index (χ0n) is 16.0. The summed E-state index contributed by atoms with van der Waals surface area (Å²) in [5.74, 6) is 2.07. The molecule has 4 aromatic heterocycles. The number of thioether (sulfide) groups is 1. The van der Waals surface area contributed by atoms with Crippen LogP contribution in [0.2, 0.25) is 10.0 Å². The van der Waals surface area contributed by atoms with Crippen molar-refractivity contribution >= 4 is 67.9 Å². The molecule has 1 unspecified atom stereocenters. The van der Waals surface area contributed by atoms with E-state index in [0.717, 1.165) is 34.0 Å². The third kappa shape index (κ3) is 2.85. The fraction of sp³-hybridized carbons (Fsp3) is 0.300. The van der Waals surface area contributed by atoms with Crippen molar-refractivity contribution in [2.75, 3.05) is 0 Å². The summed E-state index contributed by atoms with van der Waals surface area (Å²) in [5.41, 5.74) is 3.30. The van der Waals surface area contributed by atoms with Crippen molar-refractivity contribution in [2.24, 2.45) is 5.92 Å². The Morgan fingerprint density at radius 2 is 2.17 bits per heavy atom. The molecule has 6 nitrogen and oxygen atoms in total. The van der Waals surface area contributed by atoms with Gasteiger partial charge < -0.3 is 0 Å². The number of thiophene rings is 1. The van der Waals surface area contributed by atoms with Gasteiger partial charge in [-0.1, -0.05) is 48.0 Å². The molecular weight excluding hydrogens is 459 g/mol. The van der Waals surface area contributed by atoms with Gasteiger partial charge in [0.1, 0.15) is 11.2 Å². The van der Waals surface area contributed by atoms with Crippen LogP contribution in [-0.4, -0.2) is 29.2 Å². The second kappa shape index (κ2) is 7.09. The van der Waals surface area contributed by atoms with Crippen molar-refractivity contribution in [3.63, 3.8) is 0 Å². The molecule has 0 bridgehead atoms. The van der Waals surface area contributed by atoms with Crippen LogP contribution in [0.1, 0.15) is 29.3 Å². The van der Waals surface area contributed by atoms with E-state index in [2.05, 4.69) is 31.6 Å². The number of aryl methyl sites for hydroxylation is 1. The van der Waals surface area contributed by atoms with Gasteiger partial charge in [-0.2, -0.15) is 9.61 Å². The van der Waals surface area contributed by atoms with E-state index in [-0.39, 0.29) is 0 Å². The van der Waals surface area contributed by atoms with Crippen molar-refractivity contribution in [2.45, 2.75) is 37.1 Å². The molecule has 1 aliphatic rings. The number of hydrogen-bond donors (Lipinski definition) is 0. The molecule has 0 saturated heterocycles. The number of rotatable bonds is 3. The van der Waals surface area contributed by atoms with Gasteiger partial charge in [-0.05, 0) is 48.4 Å². The Hall–Kier alpha value is -1.87. The highest BCUT2D eigenvalue weighted by molar-refractivity contribution is 7.98. The van der Waals surface area contributed by atoms with Gasteiger partial charge in [0.25, 0.3) is 5.78 Å². The molecule has 0 amide bonds. The van der Waals surface area contributed by atoms with Gasteiger partial charge in [-0.3, -0.25) is 0 Å². The lowest BCUT2D eigenvalue weighted by Crippen LogP contribution is -2.08. The summed E-state index contributed by atoms with van der Waals surface area (Å²) in [4.78, 5) is 7.16. The van der Waals surface area contributed by atoms with Crippen molar-refractivity contribution in [1.82, 2.24) is 29.2 Å². The highest BCUT2D eigenvalue weighted by Gasteiger charge is 2.26. The molecule has 152 valence electrons. The summed E-state index contributed by atoms with van der Waals surface area (Å²) in [6, 6.07) is 5.58. The van der Waals surface area contributed by atoms with Gasteiger partial charge >= 0.3 is 0 Å². The van der Waals surface area contributed by atoms with Crippen LogP contribution in [0, 0.1) is 5.92 Å². The third-order valence-electron chi connectivity index (χ3n) is 5.65. The monoisotopic (exact) mass is 474 g/mol. The van der Waals surface area contributed by atoms with Crippen LogP contribution < -0.4 is 0 Å². The quantitative estimate of drug-likeness (QED) is 0.313. The van der Waals surface area contributed by atoms with Crippen LogP contribution in [0.4, 0.5) is 0 Å². The van der Waals surface area contributed by atoms with Gasteiger partial charge in [-0.15, -0.1) is 21.5 Å². The van der Waals surface area contributed by atoms with E-state index in [1.54, 1.807) is 28.7 Å². The Morgan fingerprint density at radius 1 is 1.27 bits per heavy atom.